The van der Waals surface area contributed by atoms with Gasteiger partial charge in [0.15, 0.2) is 5.43 Å². The van der Waals surface area contributed by atoms with E-state index in [0.29, 0.717) is 21.5 Å². The fraction of sp³-hybridized carbons (Fsp3) is 0. The van der Waals surface area contributed by atoms with Crippen LogP contribution >= 0.6 is 23.2 Å². The molecule has 4 rings (SSSR count). The summed E-state index contributed by atoms with van der Waals surface area (Å²) >= 11 is 11.6. The summed E-state index contributed by atoms with van der Waals surface area (Å²) in [5.74, 6) is -0.711. The molecule has 9 heteroatoms. The number of benzene rings is 3. The first-order chi connectivity index (χ1) is 14.8. The molecule has 0 bridgehead atoms. The van der Waals surface area contributed by atoms with Crippen LogP contribution in [0.2, 0.25) is 10.0 Å². The van der Waals surface area contributed by atoms with E-state index >= 15 is 0 Å². The molecule has 0 fully saturated rings. The van der Waals surface area contributed by atoms with Gasteiger partial charge in [-0.2, -0.15) is 0 Å². The van der Waals surface area contributed by atoms with Crippen LogP contribution in [-0.4, -0.2) is 10.9 Å². The highest BCUT2D eigenvalue weighted by Gasteiger charge is 2.18. The van der Waals surface area contributed by atoms with Crippen LogP contribution in [0.15, 0.2) is 76.1 Å². The van der Waals surface area contributed by atoms with Gasteiger partial charge in [-0.1, -0.05) is 35.3 Å². The lowest BCUT2D eigenvalue weighted by Crippen LogP contribution is -2.09. The number of esters is 1. The molecule has 0 aliphatic rings. The fourth-order valence-corrected chi connectivity index (χ4v) is 3.26. The summed E-state index contributed by atoms with van der Waals surface area (Å²) in [6, 6.07) is 14.7. The van der Waals surface area contributed by atoms with Gasteiger partial charge in [-0.05, 0) is 42.0 Å². The van der Waals surface area contributed by atoms with Gasteiger partial charge < -0.3 is 9.15 Å². The molecule has 0 aliphatic carbocycles. The predicted octanol–water partition coefficient (Wildman–Crippen LogP) is 5.89. The Morgan fingerprint density at radius 2 is 1.74 bits per heavy atom. The Kier molecular flexibility index (Phi) is 5.46. The summed E-state index contributed by atoms with van der Waals surface area (Å²) < 4.78 is 10.8. The van der Waals surface area contributed by atoms with E-state index in [-0.39, 0.29) is 27.3 Å². The zero-order valence-electron chi connectivity index (χ0n) is 15.5. The normalized spacial score (nSPS) is 10.8. The Morgan fingerprint density at radius 3 is 2.45 bits per heavy atom. The number of hydrogen-bond acceptors (Lipinski definition) is 6. The molecule has 1 heterocycles. The summed E-state index contributed by atoms with van der Waals surface area (Å²) in [7, 11) is 0. The third-order valence-corrected chi connectivity index (χ3v) is 5.06. The number of carbonyl (C=O) groups is 1. The molecule has 7 nitrogen and oxygen atoms in total. The number of halogens is 2. The van der Waals surface area contributed by atoms with Crippen molar-refractivity contribution in [1.29, 1.82) is 0 Å². The lowest BCUT2D eigenvalue weighted by molar-refractivity contribution is -0.384. The average molecular weight is 456 g/mol. The van der Waals surface area contributed by atoms with Crippen molar-refractivity contribution in [2.75, 3.05) is 0 Å². The number of ether oxygens (including phenoxy) is 1. The first-order valence-electron chi connectivity index (χ1n) is 8.81. The van der Waals surface area contributed by atoms with Gasteiger partial charge in [0.05, 0.1) is 21.4 Å². The van der Waals surface area contributed by atoms with Crippen LogP contribution in [0, 0.1) is 10.1 Å². The first kappa shape index (κ1) is 20.6. The third kappa shape index (κ3) is 4.14. The van der Waals surface area contributed by atoms with E-state index < -0.39 is 16.6 Å². The molecule has 0 unspecified atom stereocenters. The topological polar surface area (TPSA) is 99.7 Å². The Labute approximate surface area is 184 Å². The number of fused-ring (bicyclic) bond motifs is 1. The molecule has 1 aromatic heterocycles. The molecule has 0 saturated carbocycles. The number of rotatable bonds is 4. The fourth-order valence-electron chi connectivity index (χ4n) is 2.95. The maximum absolute atomic E-state index is 12.8. The quantitative estimate of drug-likeness (QED) is 0.164. The van der Waals surface area contributed by atoms with Crippen molar-refractivity contribution in [1.82, 2.24) is 0 Å². The maximum Gasteiger partial charge on any atom is 0.343 e. The lowest BCUT2D eigenvalue weighted by Gasteiger charge is -2.07. The minimum absolute atomic E-state index is 0.0456. The molecule has 0 atom stereocenters. The van der Waals surface area contributed by atoms with Crippen LogP contribution in [0.25, 0.3) is 22.1 Å². The Balaban J connectivity index is 1.64. The lowest BCUT2D eigenvalue weighted by atomic mass is 10.1. The molecule has 0 N–H and O–H groups in total. The highest BCUT2D eigenvalue weighted by Crippen LogP contribution is 2.27. The molecule has 4 aromatic rings. The van der Waals surface area contributed by atoms with E-state index in [9.17, 15) is 19.7 Å². The van der Waals surface area contributed by atoms with Gasteiger partial charge in [0.2, 0.25) is 0 Å². The van der Waals surface area contributed by atoms with Crippen molar-refractivity contribution in [3.63, 3.8) is 0 Å². The number of nitrogens with zero attached hydrogens (tertiary/aromatic N) is 1. The van der Waals surface area contributed by atoms with Gasteiger partial charge in [0.25, 0.3) is 5.69 Å². The summed E-state index contributed by atoms with van der Waals surface area (Å²) in [6.45, 7) is 0. The minimum Gasteiger partial charge on any atom is -0.463 e. The van der Waals surface area contributed by atoms with Crippen LogP contribution < -0.4 is 10.2 Å². The number of nitro groups is 1. The average Bonchev–Trinajstić information content (AvgIpc) is 2.75. The van der Waals surface area contributed by atoms with E-state index in [2.05, 4.69) is 0 Å². The minimum atomic E-state index is -0.820. The van der Waals surface area contributed by atoms with Crippen LogP contribution in [0.5, 0.6) is 5.75 Å². The van der Waals surface area contributed by atoms with Gasteiger partial charge in [0.1, 0.15) is 22.6 Å². The van der Waals surface area contributed by atoms with Gasteiger partial charge in [-0.25, -0.2) is 4.79 Å². The standard InChI is InChI=1S/C22H11Cl2NO6/c23-14-4-1-12(2-5-14)17-11-30-20-10-15(6-7-16(20)21(17)26)31-22(27)13-3-8-18(24)19(9-13)25(28)29/h1-11H. The van der Waals surface area contributed by atoms with Crippen molar-refractivity contribution < 1.29 is 18.9 Å². The monoisotopic (exact) mass is 455 g/mol. The predicted molar refractivity (Wildman–Crippen MR) is 116 cm³/mol. The summed E-state index contributed by atoms with van der Waals surface area (Å²) in [4.78, 5) is 35.5. The zero-order valence-corrected chi connectivity index (χ0v) is 17.0. The third-order valence-electron chi connectivity index (χ3n) is 4.49. The van der Waals surface area contributed by atoms with Crippen LogP contribution in [0.1, 0.15) is 10.4 Å². The van der Waals surface area contributed by atoms with Crippen molar-refractivity contribution in [2.24, 2.45) is 0 Å². The van der Waals surface area contributed by atoms with Gasteiger partial charge >= 0.3 is 5.97 Å². The van der Waals surface area contributed by atoms with Crippen molar-refractivity contribution in [3.05, 3.63) is 103 Å². The molecule has 0 aliphatic heterocycles. The molecule has 154 valence electrons. The molecule has 0 radical (unpaired) electrons. The second kappa shape index (κ2) is 8.22. The van der Waals surface area contributed by atoms with E-state index in [1.807, 2.05) is 0 Å². The van der Waals surface area contributed by atoms with E-state index in [4.69, 9.17) is 32.4 Å². The van der Waals surface area contributed by atoms with E-state index in [1.54, 1.807) is 24.3 Å². The Hall–Kier alpha value is -3.68. The van der Waals surface area contributed by atoms with Crippen molar-refractivity contribution in [2.45, 2.75) is 0 Å². The van der Waals surface area contributed by atoms with E-state index in [0.717, 1.165) is 6.07 Å². The van der Waals surface area contributed by atoms with Crippen LogP contribution in [-0.2, 0) is 0 Å². The van der Waals surface area contributed by atoms with Gasteiger partial charge in [-0.3, -0.25) is 14.9 Å². The number of hydrogen-bond donors (Lipinski definition) is 0. The Morgan fingerprint density at radius 1 is 1.00 bits per heavy atom. The molecule has 0 amide bonds. The second-order valence-electron chi connectivity index (χ2n) is 6.46. The molecule has 0 spiro atoms. The summed E-state index contributed by atoms with van der Waals surface area (Å²) in [6.07, 6.45) is 1.32. The highest BCUT2D eigenvalue weighted by molar-refractivity contribution is 6.32. The number of carbonyl (C=O) groups excluding carboxylic acids is 1. The van der Waals surface area contributed by atoms with Crippen LogP contribution in [0.3, 0.4) is 0 Å². The maximum atomic E-state index is 12.8. The molecular weight excluding hydrogens is 445 g/mol. The molecule has 31 heavy (non-hydrogen) atoms. The second-order valence-corrected chi connectivity index (χ2v) is 7.30. The Bertz CT molecular complexity index is 1400. The van der Waals surface area contributed by atoms with Gasteiger partial charge in [0, 0.05) is 17.2 Å². The smallest absolute Gasteiger partial charge is 0.343 e. The van der Waals surface area contributed by atoms with Gasteiger partial charge in [-0.15, -0.1) is 0 Å². The first-order valence-corrected chi connectivity index (χ1v) is 9.57. The summed E-state index contributed by atoms with van der Waals surface area (Å²) in [5, 5.41) is 11.8. The highest BCUT2D eigenvalue weighted by atomic mass is 35.5. The zero-order chi connectivity index (χ0) is 22.1. The van der Waals surface area contributed by atoms with Crippen LogP contribution in [0.4, 0.5) is 5.69 Å². The number of nitro benzene ring substituents is 1. The summed E-state index contributed by atoms with van der Waals surface area (Å²) in [5.41, 5.74) is 0.526. The van der Waals surface area contributed by atoms with E-state index in [1.165, 1.54) is 36.6 Å². The SMILES string of the molecule is O=C(Oc1ccc2c(=O)c(-c3ccc(Cl)cc3)coc2c1)c1ccc(Cl)c([N+](=O)[O-])c1. The van der Waals surface area contributed by atoms with Crippen molar-refractivity contribution in [3.8, 4) is 16.9 Å². The molecule has 0 saturated heterocycles. The largest absolute Gasteiger partial charge is 0.463 e. The molecular formula is C22H11Cl2NO6. The molecule has 3 aromatic carbocycles. The van der Waals surface area contributed by atoms with Crippen molar-refractivity contribution >= 4 is 45.8 Å².